The molecule has 1 saturated heterocycles. The van der Waals surface area contributed by atoms with Crippen molar-refractivity contribution in [3.05, 3.63) is 66.0 Å². The van der Waals surface area contributed by atoms with Crippen LogP contribution in [0.15, 0.2) is 59.5 Å². The van der Waals surface area contributed by atoms with Crippen molar-refractivity contribution in [2.45, 2.75) is 36.6 Å². The zero-order valence-corrected chi connectivity index (χ0v) is 17.7. The highest BCUT2D eigenvalue weighted by Crippen LogP contribution is 2.19. The number of nitrogens with one attached hydrogen (secondary N) is 1. The standard InChI is InChI=1S/C22H28FN3O3S/c23-21-11-5-4-8-18(21)13-19(24)14-22(27)26-12-6-7-17(16-26)15-25-30(28,29)20-9-2-1-3-10-20/h1-5,8-11,17,19,25H,6-7,12-16,24H2/t17?,19-/m1/s1. The lowest BCUT2D eigenvalue weighted by molar-refractivity contribution is -0.133. The molecule has 0 bridgehead atoms. The Morgan fingerprint density at radius 2 is 1.87 bits per heavy atom. The molecular weight excluding hydrogens is 405 g/mol. The molecule has 30 heavy (non-hydrogen) atoms. The van der Waals surface area contributed by atoms with Gasteiger partial charge in [-0.3, -0.25) is 4.79 Å². The molecular formula is C22H28FN3O3S. The number of halogens is 1. The molecule has 0 aromatic heterocycles. The molecule has 1 amide bonds. The Bertz CT molecular complexity index is 953. The van der Waals surface area contributed by atoms with Crippen LogP contribution in [0, 0.1) is 11.7 Å². The summed E-state index contributed by atoms with van der Waals surface area (Å²) in [6.07, 6.45) is 2.09. The summed E-state index contributed by atoms with van der Waals surface area (Å²) >= 11 is 0. The third-order valence-corrected chi connectivity index (χ3v) is 6.80. The second-order valence-corrected chi connectivity index (χ2v) is 9.54. The first kappa shape index (κ1) is 22.4. The van der Waals surface area contributed by atoms with Crippen molar-refractivity contribution >= 4 is 15.9 Å². The van der Waals surface area contributed by atoms with Gasteiger partial charge in [-0.25, -0.2) is 17.5 Å². The van der Waals surface area contributed by atoms with Gasteiger partial charge in [0, 0.05) is 32.1 Å². The van der Waals surface area contributed by atoms with Crippen LogP contribution in [0.2, 0.25) is 0 Å². The van der Waals surface area contributed by atoms with Crippen LogP contribution in [0.25, 0.3) is 0 Å². The van der Waals surface area contributed by atoms with Crippen molar-refractivity contribution in [3.8, 4) is 0 Å². The van der Waals surface area contributed by atoms with Gasteiger partial charge in [-0.05, 0) is 48.9 Å². The summed E-state index contributed by atoms with van der Waals surface area (Å²) < 4.78 is 41.2. The number of carbonyl (C=O) groups is 1. The molecule has 162 valence electrons. The smallest absolute Gasteiger partial charge is 0.240 e. The maximum atomic E-state index is 13.8. The number of amides is 1. The molecule has 0 saturated carbocycles. The molecule has 3 N–H and O–H groups in total. The highest BCUT2D eigenvalue weighted by atomic mass is 32.2. The molecule has 1 heterocycles. The quantitative estimate of drug-likeness (QED) is 0.668. The monoisotopic (exact) mass is 433 g/mol. The van der Waals surface area contributed by atoms with Crippen molar-refractivity contribution in [1.29, 1.82) is 0 Å². The summed E-state index contributed by atoms with van der Waals surface area (Å²) in [6, 6.07) is 14.2. The molecule has 1 unspecified atom stereocenters. The highest BCUT2D eigenvalue weighted by Gasteiger charge is 2.26. The normalized spacial score (nSPS) is 18.2. The second kappa shape index (κ2) is 10.1. The van der Waals surface area contributed by atoms with Crippen LogP contribution in [-0.4, -0.2) is 44.9 Å². The fourth-order valence-corrected chi connectivity index (χ4v) is 4.88. The predicted octanol–water partition coefficient (Wildman–Crippen LogP) is 2.30. The zero-order valence-electron chi connectivity index (χ0n) is 16.8. The van der Waals surface area contributed by atoms with Gasteiger partial charge < -0.3 is 10.6 Å². The summed E-state index contributed by atoms with van der Waals surface area (Å²) in [6.45, 7) is 1.40. The molecule has 3 rings (SSSR count). The first-order chi connectivity index (χ1) is 14.3. The fourth-order valence-electron chi connectivity index (χ4n) is 3.74. The number of hydrogen-bond donors (Lipinski definition) is 2. The number of likely N-dealkylation sites (tertiary alicyclic amines) is 1. The Balaban J connectivity index is 1.50. The van der Waals surface area contributed by atoms with Gasteiger partial charge in [0.1, 0.15) is 5.82 Å². The third kappa shape index (κ3) is 6.10. The van der Waals surface area contributed by atoms with Crippen molar-refractivity contribution in [2.24, 2.45) is 11.7 Å². The average Bonchev–Trinajstić information content (AvgIpc) is 2.75. The van der Waals surface area contributed by atoms with Gasteiger partial charge in [-0.15, -0.1) is 0 Å². The Morgan fingerprint density at radius 3 is 2.60 bits per heavy atom. The van der Waals surface area contributed by atoms with Crippen molar-refractivity contribution < 1.29 is 17.6 Å². The van der Waals surface area contributed by atoms with Crippen LogP contribution < -0.4 is 10.5 Å². The lowest BCUT2D eigenvalue weighted by atomic mass is 9.97. The Morgan fingerprint density at radius 1 is 1.17 bits per heavy atom. The number of benzene rings is 2. The highest BCUT2D eigenvalue weighted by molar-refractivity contribution is 7.89. The SMILES string of the molecule is N[C@@H](CC(=O)N1CCCC(CNS(=O)(=O)c2ccccc2)C1)Cc1ccccc1F. The molecule has 8 heteroatoms. The van der Waals surface area contributed by atoms with Crippen LogP contribution in [0.4, 0.5) is 4.39 Å². The van der Waals surface area contributed by atoms with Crippen LogP contribution in [0.3, 0.4) is 0 Å². The van der Waals surface area contributed by atoms with Crippen LogP contribution in [0.5, 0.6) is 0 Å². The summed E-state index contributed by atoms with van der Waals surface area (Å²) in [5, 5.41) is 0. The van der Waals surface area contributed by atoms with E-state index in [0.717, 1.165) is 12.8 Å². The minimum Gasteiger partial charge on any atom is -0.342 e. The maximum Gasteiger partial charge on any atom is 0.240 e. The van der Waals surface area contributed by atoms with Gasteiger partial charge in [-0.2, -0.15) is 0 Å². The van der Waals surface area contributed by atoms with E-state index < -0.39 is 16.1 Å². The Kier molecular flexibility index (Phi) is 7.58. The predicted molar refractivity (Wildman–Crippen MR) is 114 cm³/mol. The van der Waals surface area contributed by atoms with Crippen molar-refractivity contribution in [1.82, 2.24) is 9.62 Å². The molecule has 1 fully saturated rings. The molecule has 2 atom stereocenters. The Hall–Kier alpha value is -2.29. The third-order valence-electron chi connectivity index (χ3n) is 5.36. The number of hydrogen-bond acceptors (Lipinski definition) is 4. The van der Waals surface area contributed by atoms with E-state index in [-0.39, 0.29) is 35.5 Å². The van der Waals surface area contributed by atoms with E-state index in [9.17, 15) is 17.6 Å². The topological polar surface area (TPSA) is 92.5 Å². The fraction of sp³-hybridized carbons (Fsp3) is 0.409. The van der Waals surface area contributed by atoms with Gasteiger partial charge in [0.2, 0.25) is 15.9 Å². The van der Waals surface area contributed by atoms with Crippen LogP contribution >= 0.6 is 0 Å². The molecule has 1 aliphatic rings. The van der Waals surface area contributed by atoms with E-state index in [0.29, 0.717) is 25.1 Å². The van der Waals surface area contributed by atoms with E-state index in [1.54, 1.807) is 53.4 Å². The minimum atomic E-state index is -3.56. The number of rotatable bonds is 8. The number of nitrogens with zero attached hydrogens (tertiary/aromatic N) is 1. The number of carbonyl (C=O) groups excluding carboxylic acids is 1. The van der Waals surface area contributed by atoms with Gasteiger partial charge in [0.25, 0.3) is 0 Å². The largest absolute Gasteiger partial charge is 0.342 e. The molecule has 0 spiro atoms. The molecule has 1 aliphatic heterocycles. The summed E-state index contributed by atoms with van der Waals surface area (Å²) in [7, 11) is -3.56. The molecule has 2 aromatic carbocycles. The van der Waals surface area contributed by atoms with E-state index in [1.165, 1.54) is 6.07 Å². The maximum absolute atomic E-state index is 13.8. The molecule has 0 aliphatic carbocycles. The molecule has 2 aromatic rings. The number of sulfonamides is 1. The molecule has 0 radical (unpaired) electrons. The van der Waals surface area contributed by atoms with Crippen molar-refractivity contribution in [2.75, 3.05) is 19.6 Å². The minimum absolute atomic E-state index is 0.0454. The van der Waals surface area contributed by atoms with Gasteiger partial charge in [-0.1, -0.05) is 36.4 Å². The first-order valence-electron chi connectivity index (χ1n) is 10.2. The Labute approximate surface area is 177 Å². The first-order valence-corrected chi connectivity index (χ1v) is 11.6. The van der Waals surface area contributed by atoms with E-state index in [2.05, 4.69) is 4.72 Å². The van der Waals surface area contributed by atoms with Crippen LogP contribution in [-0.2, 0) is 21.2 Å². The van der Waals surface area contributed by atoms with Crippen LogP contribution in [0.1, 0.15) is 24.8 Å². The van der Waals surface area contributed by atoms with E-state index in [4.69, 9.17) is 5.73 Å². The number of nitrogens with two attached hydrogens (primary N) is 1. The average molecular weight is 434 g/mol. The summed E-state index contributed by atoms with van der Waals surface area (Å²) in [4.78, 5) is 14.6. The summed E-state index contributed by atoms with van der Waals surface area (Å²) in [5.74, 6) is -0.345. The van der Waals surface area contributed by atoms with Gasteiger partial charge >= 0.3 is 0 Å². The second-order valence-electron chi connectivity index (χ2n) is 7.77. The van der Waals surface area contributed by atoms with E-state index in [1.807, 2.05) is 0 Å². The van der Waals surface area contributed by atoms with E-state index >= 15 is 0 Å². The molecule has 6 nitrogen and oxygen atoms in total. The lowest BCUT2D eigenvalue weighted by Gasteiger charge is -2.33. The summed E-state index contributed by atoms with van der Waals surface area (Å²) in [5.41, 5.74) is 6.60. The van der Waals surface area contributed by atoms with Gasteiger partial charge in [0.15, 0.2) is 0 Å². The lowest BCUT2D eigenvalue weighted by Crippen LogP contribution is -2.45. The zero-order chi connectivity index (χ0) is 21.6. The van der Waals surface area contributed by atoms with Crippen molar-refractivity contribution in [3.63, 3.8) is 0 Å². The van der Waals surface area contributed by atoms with Gasteiger partial charge in [0.05, 0.1) is 4.90 Å². The number of piperidine rings is 1.